The molecular formula is C23H25N3O3S2. The molecule has 0 atom stereocenters. The maximum atomic E-state index is 12.9. The average Bonchev–Trinajstić information content (AvgIpc) is 3.46. The first-order chi connectivity index (χ1) is 14.8. The molecule has 1 amide bonds. The minimum Gasteiger partial charge on any atom is -0.298 e. The Labute approximate surface area is 187 Å². The van der Waals surface area contributed by atoms with Crippen molar-refractivity contribution in [2.75, 3.05) is 12.4 Å². The lowest BCUT2D eigenvalue weighted by atomic mass is 10.1. The summed E-state index contributed by atoms with van der Waals surface area (Å²) in [7, 11) is -1.92. The summed E-state index contributed by atoms with van der Waals surface area (Å²) in [5, 5.41) is 5.19. The molecule has 0 aliphatic heterocycles. The average molecular weight is 456 g/mol. The van der Waals surface area contributed by atoms with E-state index in [4.69, 9.17) is 0 Å². The van der Waals surface area contributed by atoms with Gasteiger partial charge in [0.25, 0.3) is 5.91 Å². The van der Waals surface area contributed by atoms with E-state index in [1.807, 2.05) is 36.6 Å². The van der Waals surface area contributed by atoms with Crippen LogP contribution >= 0.6 is 11.3 Å². The monoisotopic (exact) mass is 455 g/mol. The number of nitrogens with zero attached hydrogens (tertiary/aromatic N) is 2. The topological polar surface area (TPSA) is 79.4 Å². The van der Waals surface area contributed by atoms with Crippen LogP contribution in [0, 0.1) is 6.92 Å². The lowest BCUT2D eigenvalue weighted by Gasteiger charge is -2.23. The van der Waals surface area contributed by atoms with Crippen LogP contribution in [0.5, 0.6) is 0 Å². The number of carbonyl (C=O) groups is 1. The van der Waals surface area contributed by atoms with Crippen LogP contribution in [0.2, 0.25) is 0 Å². The molecule has 8 heteroatoms. The van der Waals surface area contributed by atoms with Gasteiger partial charge in [0.15, 0.2) is 5.13 Å². The third-order valence-corrected chi connectivity index (χ3v) is 8.39. The molecule has 6 nitrogen and oxygen atoms in total. The van der Waals surface area contributed by atoms with Crippen LogP contribution in [0.3, 0.4) is 0 Å². The van der Waals surface area contributed by atoms with Gasteiger partial charge in [-0.25, -0.2) is 13.4 Å². The summed E-state index contributed by atoms with van der Waals surface area (Å²) in [6, 6.07) is 14.2. The number of nitrogens with one attached hydrogen (secondary N) is 1. The van der Waals surface area contributed by atoms with Crippen molar-refractivity contribution < 1.29 is 13.2 Å². The van der Waals surface area contributed by atoms with Gasteiger partial charge < -0.3 is 0 Å². The molecule has 0 radical (unpaired) electrons. The van der Waals surface area contributed by atoms with E-state index in [0.717, 1.165) is 36.9 Å². The fourth-order valence-electron chi connectivity index (χ4n) is 3.77. The molecule has 1 aliphatic carbocycles. The Bertz CT molecular complexity index is 1160. The number of hydrogen-bond acceptors (Lipinski definition) is 5. The number of amides is 1. The molecule has 0 bridgehead atoms. The zero-order valence-corrected chi connectivity index (χ0v) is 19.2. The fraction of sp³-hybridized carbons (Fsp3) is 0.304. The summed E-state index contributed by atoms with van der Waals surface area (Å²) in [6.45, 7) is 2.03. The smallest absolute Gasteiger partial charge is 0.257 e. The molecule has 4 rings (SSSR count). The molecule has 162 valence electrons. The number of anilines is 1. The van der Waals surface area contributed by atoms with E-state index in [1.165, 1.54) is 33.3 Å². The number of carbonyl (C=O) groups excluding carboxylic acids is 1. The third-order valence-electron chi connectivity index (χ3n) is 5.70. The molecule has 2 aromatic carbocycles. The van der Waals surface area contributed by atoms with Crippen LogP contribution in [-0.4, -0.2) is 36.7 Å². The maximum Gasteiger partial charge on any atom is 0.257 e. The highest BCUT2D eigenvalue weighted by atomic mass is 32.2. The number of aromatic nitrogens is 1. The van der Waals surface area contributed by atoms with Crippen molar-refractivity contribution in [2.45, 2.75) is 43.5 Å². The summed E-state index contributed by atoms with van der Waals surface area (Å²) in [5.74, 6) is -0.321. The Morgan fingerprint density at radius 2 is 1.71 bits per heavy atom. The molecule has 0 unspecified atom stereocenters. The van der Waals surface area contributed by atoms with Gasteiger partial charge in [0.2, 0.25) is 10.0 Å². The second-order valence-electron chi connectivity index (χ2n) is 7.84. The van der Waals surface area contributed by atoms with Crippen LogP contribution in [0.4, 0.5) is 5.13 Å². The van der Waals surface area contributed by atoms with Gasteiger partial charge in [-0.05, 0) is 44.0 Å². The summed E-state index contributed by atoms with van der Waals surface area (Å²) >= 11 is 1.35. The molecular weight excluding hydrogens is 430 g/mol. The lowest BCUT2D eigenvalue weighted by Crippen LogP contribution is -2.35. The molecule has 3 aromatic rings. The van der Waals surface area contributed by atoms with Crippen molar-refractivity contribution in [3.8, 4) is 11.3 Å². The van der Waals surface area contributed by atoms with Gasteiger partial charge in [-0.1, -0.05) is 42.7 Å². The predicted octanol–water partition coefficient (Wildman–Crippen LogP) is 4.93. The van der Waals surface area contributed by atoms with Gasteiger partial charge >= 0.3 is 0 Å². The number of benzene rings is 2. The predicted molar refractivity (Wildman–Crippen MR) is 124 cm³/mol. The van der Waals surface area contributed by atoms with Gasteiger partial charge in [-0.2, -0.15) is 4.31 Å². The zero-order chi connectivity index (χ0) is 22.0. The number of sulfonamides is 1. The van der Waals surface area contributed by atoms with Crippen molar-refractivity contribution in [3.05, 3.63) is 65.0 Å². The van der Waals surface area contributed by atoms with E-state index in [1.54, 1.807) is 19.2 Å². The molecule has 0 spiro atoms. The fourth-order valence-corrected chi connectivity index (χ4v) is 5.90. The zero-order valence-electron chi connectivity index (χ0n) is 17.5. The Kier molecular flexibility index (Phi) is 6.22. The Morgan fingerprint density at radius 3 is 2.35 bits per heavy atom. The standard InChI is InChI=1S/C23H25N3O3S2/c1-16-7-9-17(10-8-16)21-15-30-23(24-21)25-22(27)18-11-13-20(14-12-18)31(28,29)26(2)19-5-3-4-6-19/h7-15,19H,3-6H2,1-2H3,(H,24,25,27). The molecule has 0 saturated heterocycles. The highest BCUT2D eigenvalue weighted by Crippen LogP contribution is 2.28. The third kappa shape index (κ3) is 4.71. The van der Waals surface area contributed by atoms with E-state index >= 15 is 0 Å². The van der Waals surface area contributed by atoms with Gasteiger partial charge in [0.05, 0.1) is 10.6 Å². The Balaban J connectivity index is 1.44. The summed E-state index contributed by atoms with van der Waals surface area (Å²) in [6.07, 6.45) is 3.92. The number of thiazole rings is 1. The van der Waals surface area contributed by atoms with E-state index in [2.05, 4.69) is 10.3 Å². The largest absolute Gasteiger partial charge is 0.298 e. The van der Waals surface area contributed by atoms with Gasteiger partial charge in [0.1, 0.15) is 0 Å². The first-order valence-corrected chi connectivity index (χ1v) is 12.6. The molecule has 1 N–H and O–H groups in total. The van der Waals surface area contributed by atoms with Crippen molar-refractivity contribution in [1.82, 2.24) is 9.29 Å². The maximum absolute atomic E-state index is 12.9. The van der Waals surface area contributed by atoms with E-state index in [0.29, 0.717) is 10.7 Å². The van der Waals surface area contributed by atoms with E-state index in [9.17, 15) is 13.2 Å². The molecule has 31 heavy (non-hydrogen) atoms. The SMILES string of the molecule is Cc1ccc(-c2csc(NC(=O)c3ccc(S(=O)(=O)N(C)C4CCCC4)cc3)n2)cc1. The number of aryl methyl sites for hydroxylation is 1. The van der Waals surface area contributed by atoms with Crippen molar-refractivity contribution in [1.29, 1.82) is 0 Å². The summed E-state index contributed by atoms with van der Waals surface area (Å²) in [5.41, 5.74) is 3.35. The van der Waals surface area contributed by atoms with Crippen LogP contribution in [-0.2, 0) is 10.0 Å². The molecule has 1 saturated carbocycles. The van der Waals surface area contributed by atoms with Crippen LogP contribution in [0.1, 0.15) is 41.6 Å². The van der Waals surface area contributed by atoms with Crippen LogP contribution in [0.15, 0.2) is 58.8 Å². The first-order valence-electron chi connectivity index (χ1n) is 10.3. The highest BCUT2D eigenvalue weighted by Gasteiger charge is 2.30. The molecule has 1 aromatic heterocycles. The second kappa shape index (κ2) is 8.90. The Morgan fingerprint density at radius 1 is 1.06 bits per heavy atom. The Hall–Kier alpha value is -2.55. The van der Waals surface area contributed by atoms with E-state index in [-0.39, 0.29) is 16.8 Å². The van der Waals surface area contributed by atoms with Crippen molar-refractivity contribution in [2.24, 2.45) is 0 Å². The number of hydrogen-bond donors (Lipinski definition) is 1. The summed E-state index contributed by atoms with van der Waals surface area (Å²) < 4.78 is 27.2. The lowest BCUT2D eigenvalue weighted by molar-refractivity contribution is 0.102. The molecule has 1 fully saturated rings. The quantitative estimate of drug-likeness (QED) is 0.571. The molecule has 1 aliphatic rings. The van der Waals surface area contributed by atoms with E-state index < -0.39 is 10.0 Å². The van der Waals surface area contributed by atoms with Crippen molar-refractivity contribution in [3.63, 3.8) is 0 Å². The van der Waals surface area contributed by atoms with Gasteiger partial charge in [-0.3, -0.25) is 10.1 Å². The first kappa shape index (κ1) is 21.7. The van der Waals surface area contributed by atoms with Crippen LogP contribution < -0.4 is 5.32 Å². The van der Waals surface area contributed by atoms with Gasteiger partial charge in [0, 0.05) is 29.6 Å². The number of rotatable bonds is 6. The minimum atomic E-state index is -3.56. The van der Waals surface area contributed by atoms with Crippen molar-refractivity contribution >= 4 is 32.4 Å². The van der Waals surface area contributed by atoms with Gasteiger partial charge in [-0.15, -0.1) is 11.3 Å². The molecule has 1 heterocycles. The summed E-state index contributed by atoms with van der Waals surface area (Å²) in [4.78, 5) is 17.3. The normalized spacial score (nSPS) is 14.8. The highest BCUT2D eigenvalue weighted by molar-refractivity contribution is 7.89. The minimum absolute atomic E-state index is 0.0561. The second-order valence-corrected chi connectivity index (χ2v) is 10.7. The van der Waals surface area contributed by atoms with Crippen LogP contribution in [0.25, 0.3) is 11.3 Å².